The lowest BCUT2D eigenvalue weighted by Gasteiger charge is -2.42. The number of hydrogen-bond acceptors (Lipinski definition) is 3. The average Bonchev–Trinajstić information content (AvgIpc) is 2.74. The molecule has 0 aliphatic carbocycles. The van der Waals surface area contributed by atoms with Crippen LogP contribution in [0.4, 0.5) is 0 Å². The molecular formula is C12H18N2OS. The number of thiophene rings is 1. The van der Waals surface area contributed by atoms with Crippen LogP contribution in [-0.2, 0) is 0 Å². The van der Waals surface area contributed by atoms with Crippen LogP contribution in [0, 0.1) is 5.41 Å². The molecule has 0 radical (unpaired) electrons. The van der Waals surface area contributed by atoms with Crippen molar-refractivity contribution >= 4 is 17.2 Å². The smallest absolute Gasteiger partial charge is 0.263 e. The van der Waals surface area contributed by atoms with Crippen molar-refractivity contribution in [3.8, 4) is 0 Å². The first-order valence-corrected chi connectivity index (χ1v) is 6.47. The molecule has 2 rings (SSSR count). The summed E-state index contributed by atoms with van der Waals surface area (Å²) in [5, 5.41) is 1.94. The van der Waals surface area contributed by atoms with E-state index < -0.39 is 0 Å². The highest BCUT2D eigenvalue weighted by atomic mass is 32.1. The first-order chi connectivity index (χ1) is 7.50. The van der Waals surface area contributed by atoms with Crippen molar-refractivity contribution in [3.63, 3.8) is 0 Å². The van der Waals surface area contributed by atoms with Crippen molar-refractivity contribution in [1.82, 2.24) is 4.90 Å². The van der Waals surface area contributed by atoms with Crippen molar-refractivity contribution in [2.24, 2.45) is 11.1 Å². The van der Waals surface area contributed by atoms with Gasteiger partial charge in [0.2, 0.25) is 0 Å². The average molecular weight is 238 g/mol. The fourth-order valence-corrected chi connectivity index (χ4v) is 2.79. The number of amides is 1. The van der Waals surface area contributed by atoms with E-state index in [1.165, 1.54) is 11.3 Å². The monoisotopic (exact) mass is 238 g/mol. The molecule has 0 aromatic carbocycles. The van der Waals surface area contributed by atoms with Gasteiger partial charge in [-0.05, 0) is 23.3 Å². The van der Waals surface area contributed by atoms with Gasteiger partial charge in [0, 0.05) is 19.1 Å². The Morgan fingerprint density at radius 2 is 2.38 bits per heavy atom. The summed E-state index contributed by atoms with van der Waals surface area (Å²) in [6.07, 6.45) is 0.893. The molecule has 1 aliphatic rings. The van der Waals surface area contributed by atoms with Crippen LogP contribution in [0.5, 0.6) is 0 Å². The predicted octanol–water partition coefficient (Wildman–Crippen LogP) is 1.95. The van der Waals surface area contributed by atoms with E-state index in [2.05, 4.69) is 13.8 Å². The van der Waals surface area contributed by atoms with Gasteiger partial charge in [-0.1, -0.05) is 19.9 Å². The predicted molar refractivity (Wildman–Crippen MR) is 66.6 cm³/mol. The highest BCUT2D eigenvalue weighted by molar-refractivity contribution is 7.12. The second-order valence-corrected chi connectivity index (χ2v) is 6.04. The summed E-state index contributed by atoms with van der Waals surface area (Å²) in [4.78, 5) is 14.9. The van der Waals surface area contributed by atoms with Crippen LogP contribution < -0.4 is 5.73 Å². The van der Waals surface area contributed by atoms with Gasteiger partial charge in [-0.15, -0.1) is 11.3 Å². The van der Waals surface area contributed by atoms with E-state index in [9.17, 15) is 4.79 Å². The molecule has 2 heterocycles. The summed E-state index contributed by atoms with van der Waals surface area (Å²) >= 11 is 1.50. The van der Waals surface area contributed by atoms with Gasteiger partial charge in [0.15, 0.2) is 0 Å². The molecule has 1 aliphatic heterocycles. The second-order valence-electron chi connectivity index (χ2n) is 5.09. The van der Waals surface area contributed by atoms with Crippen molar-refractivity contribution in [1.29, 1.82) is 0 Å². The zero-order valence-electron chi connectivity index (χ0n) is 9.77. The third-order valence-electron chi connectivity index (χ3n) is 3.33. The Kier molecular flexibility index (Phi) is 3.04. The maximum Gasteiger partial charge on any atom is 0.263 e. The zero-order valence-corrected chi connectivity index (χ0v) is 10.6. The molecular weight excluding hydrogens is 220 g/mol. The molecule has 1 unspecified atom stereocenters. The van der Waals surface area contributed by atoms with Crippen molar-refractivity contribution in [3.05, 3.63) is 22.4 Å². The summed E-state index contributed by atoms with van der Waals surface area (Å²) < 4.78 is 0. The minimum atomic E-state index is 0.0190. The Morgan fingerprint density at radius 3 is 2.94 bits per heavy atom. The Morgan fingerprint density at radius 1 is 1.62 bits per heavy atom. The Balaban J connectivity index is 2.10. The lowest BCUT2D eigenvalue weighted by atomic mass is 9.79. The van der Waals surface area contributed by atoms with E-state index in [-0.39, 0.29) is 17.4 Å². The van der Waals surface area contributed by atoms with E-state index in [1.54, 1.807) is 0 Å². The quantitative estimate of drug-likeness (QED) is 0.813. The van der Waals surface area contributed by atoms with Gasteiger partial charge in [0.05, 0.1) is 4.88 Å². The van der Waals surface area contributed by atoms with Gasteiger partial charge < -0.3 is 10.6 Å². The van der Waals surface area contributed by atoms with E-state index >= 15 is 0 Å². The third-order valence-corrected chi connectivity index (χ3v) is 4.19. The van der Waals surface area contributed by atoms with E-state index in [0.717, 1.165) is 24.4 Å². The number of likely N-dealkylation sites (tertiary alicyclic amines) is 1. The fourth-order valence-electron chi connectivity index (χ4n) is 2.10. The van der Waals surface area contributed by atoms with Crippen molar-refractivity contribution < 1.29 is 4.79 Å². The molecule has 1 amide bonds. The molecule has 0 spiro atoms. The molecule has 1 atom stereocenters. The second kappa shape index (κ2) is 4.18. The van der Waals surface area contributed by atoms with Gasteiger partial charge in [-0.2, -0.15) is 0 Å². The molecule has 88 valence electrons. The minimum Gasteiger partial charge on any atom is -0.337 e. The molecule has 0 saturated carbocycles. The topological polar surface area (TPSA) is 46.3 Å². The summed E-state index contributed by atoms with van der Waals surface area (Å²) in [6, 6.07) is 3.99. The highest BCUT2D eigenvalue weighted by Gasteiger charge is 2.35. The Hall–Kier alpha value is -0.870. The van der Waals surface area contributed by atoms with Crippen LogP contribution in [0.3, 0.4) is 0 Å². The molecule has 0 bridgehead atoms. The minimum absolute atomic E-state index is 0.0190. The zero-order chi connectivity index (χ0) is 11.8. The van der Waals surface area contributed by atoms with Crippen molar-refractivity contribution in [2.45, 2.75) is 26.3 Å². The number of nitrogens with two attached hydrogens (primary N) is 1. The van der Waals surface area contributed by atoms with Crippen LogP contribution in [0.2, 0.25) is 0 Å². The number of nitrogens with zero attached hydrogens (tertiary/aromatic N) is 1. The number of carbonyl (C=O) groups is 1. The van der Waals surface area contributed by atoms with Gasteiger partial charge in [-0.25, -0.2) is 0 Å². The summed E-state index contributed by atoms with van der Waals surface area (Å²) in [5.41, 5.74) is 6.08. The number of rotatable bonds is 1. The molecule has 1 aromatic rings. The summed E-state index contributed by atoms with van der Waals surface area (Å²) in [7, 11) is 0. The molecule has 1 fully saturated rings. The maximum absolute atomic E-state index is 12.2. The SMILES string of the molecule is CC1(C)CN(C(=O)c2cccs2)CCC1N. The first kappa shape index (κ1) is 11.6. The van der Waals surface area contributed by atoms with Crippen LogP contribution in [0.25, 0.3) is 0 Å². The van der Waals surface area contributed by atoms with Crippen LogP contribution in [0.1, 0.15) is 29.9 Å². The largest absolute Gasteiger partial charge is 0.337 e. The first-order valence-electron chi connectivity index (χ1n) is 5.59. The molecule has 1 aromatic heterocycles. The standard InChI is InChI=1S/C12H18N2OS/c1-12(2)8-14(6-5-10(12)13)11(15)9-4-3-7-16-9/h3-4,7,10H,5-6,8,13H2,1-2H3. The van der Waals surface area contributed by atoms with Gasteiger partial charge in [0.1, 0.15) is 0 Å². The molecule has 16 heavy (non-hydrogen) atoms. The lowest BCUT2D eigenvalue weighted by Crippen LogP contribution is -2.53. The van der Waals surface area contributed by atoms with Crippen LogP contribution in [-0.4, -0.2) is 29.9 Å². The highest BCUT2D eigenvalue weighted by Crippen LogP contribution is 2.29. The Bertz CT molecular complexity index is 372. The molecule has 1 saturated heterocycles. The van der Waals surface area contributed by atoms with Gasteiger partial charge >= 0.3 is 0 Å². The molecule has 3 nitrogen and oxygen atoms in total. The Labute approximate surface area is 100 Å². The normalized spacial score (nSPS) is 24.4. The van der Waals surface area contributed by atoms with Crippen LogP contribution in [0.15, 0.2) is 17.5 Å². The van der Waals surface area contributed by atoms with Crippen LogP contribution >= 0.6 is 11.3 Å². The number of piperidine rings is 1. The summed E-state index contributed by atoms with van der Waals surface area (Å²) in [5.74, 6) is 0.148. The number of carbonyl (C=O) groups excluding carboxylic acids is 1. The van der Waals surface area contributed by atoms with E-state index in [0.29, 0.717) is 0 Å². The van der Waals surface area contributed by atoms with Gasteiger partial charge in [-0.3, -0.25) is 4.79 Å². The lowest BCUT2D eigenvalue weighted by molar-refractivity contribution is 0.0537. The van der Waals surface area contributed by atoms with Gasteiger partial charge in [0.25, 0.3) is 5.91 Å². The molecule has 2 N–H and O–H groups in total. The summed E-state index contributed by atoms with van der Waals surface area (Å²) in [6.45, 7) is 5.79. The maximum atomic E-state index is 12.2. The number of hydrogen-bond donors (Lipinski definition) is 1. The van der Waals surface area contributed by atoms with Crippen molar-refractivity contribution in [2.75, 3.05) is 13.1 Å². The van der Waals surface area contributed by atoms with E-state index in [4.69, 9.17) is 5.73 Å². The molecule has 4 heteroatoms. The van der Waals surface area contributed by atoms with E-state index in [1.807, 2.05) is 22.4 Å². The third kappa shape index (κ3) is 2.13. The fraction of sp³-hybridized carbons (Fsp3) is 0.583.